The first-order valence-corrected chi connectivity index (χ1v) is 11.8. The van der Waals surface area contributed by atoms with Crippen LogP contribution in [0.15, 0.2) is 35.5 Å². The average Bonchev–Trinajstić information content (AvgIpc) is 3.00. The average molecular weight is 419 g/mol. The molecule has 0 spiro atoms. The largest absolute Gasteiger partial charge is 0.393 e. The van der Waals surface area contributed by atoms with Crippen molar-refractivity contribution >= 4 is 0 Å². The quantitative estimate of drug-likeness (QED) is 0.585. The van der Waals surface area contributed by atoms with Gasteiger partial charge in [-0.3, -0.25) is 0 Å². The van der Waals surface area contributed by atoms with Crippen molar-refractivity contribution in [3.05, 3.63) is 35.5 Å². The summed E-state index contributed by atoms with van der Waals surface area (Å²) in [6.07, 6.45) is 11.0. The van der Waals surface area contributed by atoms with Gasteiger partial charge in [0, 0.05) is 13.0 Å². The number of allylic oxidation sites excluding steroid dienone is 3. The van der Waals surface area contributed by atoms with Gasteiger partial charge in [-0.25, -0.2) is 0 Å². The van der Waals surface area contributed by atoms with Gasteiger partial charge < -0.3 is 20.1 Å². The van der Waals surface area contributed by atoms with Crippen molar-refractivity contribution in [2.75, 3.05) is 6.61 Å². The van der Waals surface area contributed by atoms with Crippen LogP contribution >= 0.6 is 0 Å². The number of ether oxygens (including phenoxy) is 1. The summed E-state index contributed by atoms with van der Waals surface area (Å²) in [5.74, 6) is 1.11. The van der Waals surface area contributed by atoms with Crippen LogP contribution in [-0.2, 0) is 4.74 Å². The van der Waals surface area contributed by atoms with E-state index in [0.717, 1.165) is 17.6 Å². The fourth-order valence-electron chi connectivity index (χ4n) is 6.13. The van der Waals surface area contributed by atoms with Gasteiger partial charge in [-0.1, -0.05) is 31.2 Å². The second-order valence-electron chi connectivity index (χ2n) is 10.8. The molecule has 0 radical (unpaired) electrons. The smallest absolute Gasteiger partial charge is 0.0811 e. The lowest BCUT2D eigenvalue weighted by molar-refractivity contribution is -0.0454. The van der Waals surface area contributed by atoms with Crippen molar-refractivity contribution < 1.29 is 20.1 Å². The molecule has 0 aromatic carbocycles. The molecule has 0 amide bonds. The Morgan fingerprint density at radius 1 is 1.27 bits per heavy atom. The predicted octanol–water partition coefficient (Wildman–Crippen LogP) is 4.69. The molecule has 3 N–H and O–H groups in total. The monoisotopic (exact) mass is 418 g/mol. The Hall–Kier alpha value is -0.940. The third-order valence-electron chi connectivity index (χ3n) is 7.96. The van der Waals surface area contributed by atoms with Crippen LogP contribution in [0.5, 0.6) is 0 Å². The topological polar surface area (TPSA) is 69.9 Å². The predicted molar refractivity (Wildman–Crippen MR) is 121 cm³/mol. The van der Waals surface area contributed by atoms with Crippen molar-refractivity contribution in [1.82, 2.24) is 0 Å². The van der Waals surface area contributed by atoms with E-state index in [9.17, 15) is 15.3 Å². The Balaban J connectivity index is 1.70. The Labute approximate surface area is 182 Å². The minimum absolute atomic E-state index is 0.198. The van der Waals surface area contributed by atoms with Crippen LogP contribution in [0, 0.1) is 17.3 Å². The van der Waals surface area contributed by atoms with Gasteiger partial charge >= 0.3 is 0 Å². The van der Waals surface area contributed by atoms with Gasteiger partial charge in [0.05, 0.1) is 23.9 Å². The zero-order valence-corrected chi connectivity index (χ0v) is 19.4. The van der Waals surface area contributed by atoms with Crippen LogP contribution < -0.4 is 0 Å². The Morgan fingerprint density at radius 3 is 2.70 bits per heavy atom. The summed E-state index contributed by atoms with van der Waals surface area (Å²) in [4.78, 5) is 0. The van der Waals surface area contributed by atoms with Gasteiger partial charge in [0.1, 0.15) is 0 Å². The van der Waals surface area contributed by atoms with E-state index >= 15 is 0 Å². The van der Waals surface area contributed by atoms with E-state index in [1.807, 2.05) is 13.8 Å². The van der Waals surface area contributed by atoms with E-state index in [4.69, 9.17) is 4.74 Å². The molecule has 4 heteroatoms. The van der Waals surface area contributed by atoms with Gasteiger partial charge in [0.2, 0.25) is 0 Å². The van der Waals surface area contributed by atoms with Crippen molar-refractivity contribution in [1.29, 1.82) is 0 Å². The van der Waals surface area contributed by atoms with E-state index in [0.29, 0.717) is 37.7 Å². The molecule has 6 unspecified atom stereocenters. The third-order valence-corrected chi connectivity index (χ3v) is 7.96. The van der Waals surface area contributed by atoms with Gasteiger partial charge in [-0.2, -0.15) is 0 Å². The molecule has 30 heavy (non-hydrogen) atoms. The highest BCUT2D eigenvalue weighted by Gasteiger charge is 2.51. The van der Waals surface area contributed by atoms with Crippen molar-refractivity contribution in [2.45, 2.75) is 103 Å². The summed E-state index contributed by atoms with van der Waals surface area (Å²) in [5.41, 5.74) is 2.82. The molecule has 6 atom stereocenters. The van der Waals surface area contributed by atoms with Crippen molar-refractivity contribution in [3.8, 4) is 0 Å². The maximum Gasteiger partial charge on any atom is 0.0811 e. The van der Waals surface area contributed by atoms with E-state index in [2.05, 4.69) is 32.6 Å². The SMILES string of the molecule is C=C1/C(=C/C=C2/CCCC3(C)C2CCC3C(C)OCCC(C)(C)O)CC(O)CC1O. The standard InChI is InChI=1S/C26H42O4/c1-17-20(15-21(27)16-24(17)28)9-8-19-7-6-12-26(5)22(10-11-23(19)26)18(2)30-14-13-25(3,4)29/h8-9,18,21-24,27-29H,1,6-7,10-16H2,2-5H3/b19-8-,20-9+. The van der Waals surface area contributed by atoms with E-state index < -0.39 is 17.8 Å². The first-order valence-electron chi connectivity index (χ1n) is 11.8. The first-order chi connectivity index (χ1) is 14.0. The summed E-state index contributed by atoms with van der Waals surface area (Å²) in [6.45, 7) is 13.0. The zero-order valence-electron chi connectivity index (χ0n) is 19.4. The number of rotatable bonds is 6. The molecule has 170 valence electrons. The molecule has 3 fully saturated rings. The second kappa shape index (κ2) is 9.28. The molecule has 0 aromatic heterocycles. The van der Waals surface area contributed by atoms with Crippen LogP contribution in [-0.4, -0.2) is 45.8 Å². The lowest BCUT2D eigenvalue weighted by Crippen LogP contribution is -2.39. The molecule has 0 saturated heterocycles. The van der Waals surface area contributed by atoms with E-state index in [1.165, 1.54) is 31.3 Å². The maximum atomic E-state index is 10.1. The lowest BCUT2D eigenvalue weighted by atomic mass is 9.62. The van der Waals surface area contributed by atoms with Crippen molar-refractivity contribution in [2.24, 2.45) is 17.3 Å². The highest BCUT2D eigenvalue weighted by Crippen LogP contribution is 2.58. The first kappa shape index (κ1) is 23.7. The summed E-state index contributed by atoms with van der Waals surface area (Å²) < 4.78 is 6.19. The van der Waals surface area contributed by atoms with Crippen LogP contribution in [0.3, 0.4) is 0 Å². The molecule has 3 aliphatic rings. The van der Waals surface area contributed by atoms with E-state index in [1.54, 1.807) is 0 Å². The molecule has 3 aliphatic carbocycles. The Kier molecular flexibility index (Phi) is 7.33. The summed E-state index contributed by atoms with van der Waals surface area (Å²) in [6, 6.07) is 0. The Morgan fingerprint density at radius 2 is 2.00 bits per heavy atom. The van der Waals surface area contributed by atoms with Crippen molar-refractivity contribution in [3.63, 3.8) is 0 Å². The summed E-state index contributed by atoms with van der Waals surface area (Å²) in [7, 11) is 0. The van der Waals surface area contributed by atoms with Gasteiger partial charge in [-0.15, -0.1) is 0 Å². The van der Waals surface area contributed by atoms with Crippen LogP contribution in [0.1, 0.15) is 79.1 Å². The van der Waals surface area contributed by atoms with Crippen LogP contribution in [0.25, 0.3) is 0 Å². The zero-order chi connectivity index (χ0) is 22.1. The normalized spacial score (nSPS) is 38.8. The van der Waals surface area contributed by atoms with Crippen LogP contribution in [0.4, 0.5) is 0 Å². The van der Waals surface area contributed by atoms with Gasteiger partial charge in [0.15, 0.2) is 0 Å². The minimum Gasteiger partial charge on any atom is -0.393 e. The molecule has 3 rings (SSSR count). The third kappa shape index (κ3) is 5.27. The van der Waals surface area contributed by atoms with Gasteiger partial charge in [0.25, 0.3) is 0 Å². The second-order valence-corrected chi connectivity index (χ2v) is 10.8. The molecule has 0 heterocycles. The minimum atomic E-state index is -0.680. The molecular formula is C26H42O4. The number of hydrogen-bond donors (Lipinski definition) is 3. The highest BCUT2D eigenvalue weighted by molar-refractivity contribution is 5.38. The molecule has 0 bridgehead atoms. The number of aliphatic hydroxyl groups excluding tert-OH is 2. The highest BCUT2D eigenvalue weighted by atomic mass is 16.5. The summed E-state index contributed by atoms with van der Waals surface area (Å²) in [5, 5.41) is 30.1. The molecule has 0 aliphatic heterocycles. The number of aliphatic hydroxyl groups is 3. The van der Waals surface area contributed by atoms with Gasteiger partial charge in [-0.05, 0) is 94.1 Å². The lowest BCUT2D eigenvalue weighted by Gasteiger charge is -2.44. The molecule has 0 aromatic rings. The maximum absolute atomic E-state index is 10.1. The summed E-state index contributed by atoms with van der Waals surface area (Å²) >= 11 is 0. The number of hydrogen-bond acceptors (Lipinski definition) is 4. The number of fused-ring (bicyclic) bond motifs is 1. The molecular weight excluding hydrogens is 376 g/mol. The molecule has 4 nitrogen and oxygen atoms in total. The Bertz CT molecular complexity index is 686. The van der Waals surface area contributed by atoms with Crippen LogP contribution in [0.2, 0.25) is 0 Å². The van der Waals surface area contributed by atoms with E-state index in [-0.39, 0.29) is 11.5 Å². The molecule has 3 saturated carbocycles. The fraction of sp³-hybridized carbons (Fsp3) is 0.769. The fourth-order valence-corrected chi connectivity index (χ4v) is 6.13.